The highest BCUT2D eigenvalue weighted by Crippen LogP contribution is 2.10. The number of benzene rings is 1. The fraction of sp³-hybridized carbons (Fsp3) is 0.667. The van der Waals surface area contributed by atoms with Gasteiger partial charge in [0.05, 0.1) is 19.6 Å². The van der Waals surface area contributed by atoms with Gasteiger partial charge in [-0.1, -0.05) is 30.3 Å². The monoisotopic (exact) mass is 505 g/mol. The summed E-state index contributed by atoms with van der Waals surface area (Å²) in [7, 11) is 0. The second-order valence-electron chi connectivity index (χ2n) is 11.1. The summed E-state index contributed by atoms with van der Waals surface area (Å²) in [6.45, 7) is 15.2. The van der Waals surface area contributed by atoms with E-state index in [0.717, 1.165) is 5.56 Å². The van der Waals surface area contributed by atoms with Crippen LogP contribution in [0.3, 0.4) is 0 Å². The molecule has 0 bridgehead atoms. The molecule has 9 nitrogen and oxygen atoms in total. The summed E-state index contributed by atoms with van der Waals surface area (Å²) in [5, 5.41) is 0. The van der Waals surface area contributed by atoms with Crippen LogP contribution in [0.5, 0.6) is 0 Å². The number of carbonyl (C=O) groups is 3. The minimum Gasteiger partial charge on any atom is -0.460 e. The molecule has 1 heterocycles. The lowest BCUT2D eigenvalue weighted by Crippen LogP contribution is -2.42. The van der Waals surface area contributed by atoms with Gasteiger partial charge < -0.3 is 14.2 Å². The predicted octanol–water partition coefficient (Wildman–Crippen LogP) is 2.33. The smallest absolute Gasteiger partial charge is 0.320 e. The van der Waals surface area contributed by atoms with Crippen LogP contribution in [0.4, 0.5) is 0 Å². The number of hydrogen-bond acceptors (Lipinski definition) is 9. The molecule has 2 rings (SSSR count). The SMILES string of the molecule is CC(C)(C)OC(=O)CN1CCN(CC(=O)OCc2ccccc2)CCN(CC(=O)OC(C)(C)C)CC1. The minimum absolute atomic E-state index is 0.132. The van der Waals surface area contributed by atoms with Crippen LogP contribution in [-0.2, 0) is 35.2 Å². The molecule has 0 saturated carbocycles. The average molecular weight is 506 g/mol. The Bertz CT molecular complexity index is 805. The molecule has 0 unspecified atom stereocenters. The number of nitrogens with zero attached hydrogens (tertiary/aromatic N) is 3. The van der Waals surface area contributed by atoms with Gasteiger partial charge in [0.15, 0.2) is 0 Å². The predicted molar refractivity (Wildman–Crippen MR) is 137 cm³/mol. The summed E-state index contributed by atoms with van der Waals surface area (Å²) in [5.41, 5.74) is -0.190. The van der Waals surface area contributed by atoms with E-state index < -0.39 is 11.2 Å². The van der Waals surface area contributed by atoms with Gasteiger partial charge in [0.25, 0.3) is 0 Å². The first-order valence-electron chi connectivity index (χ1n) is 12.6. The second kappa shape index (κ2) is 13.7. The molecule has 0 spiro atoms. The second-order valence-corrected chi connectivity index (χ2v) is 11.1. The van der Waals surface area contributed by atoms with Gasteiger partial charge in [-0.15, -0.1) is 0 Å². The molecule has 36 heavy (non-hydrogen) atoms. The van der Waals surface area contributed by atoms with Gasteiger partial charge in [-0.25, -0.2) is 0 Å². The summed E-state index contributed by atoms with van der Waals surface area (Å²) in [6.07, 6.45) is 0. The van der Waals surface area contributed by atoms with Crippen molar-refractivity contribution in [1.29, 1.82) is 0 Å². The highest BCUT2D eigenvalue weighted by Gasteiger charge is 2.25. The molecule has 0 amide bonds. The zero-order valence-electron chi connectivity index (χ0n) is 22.7. The van der Waals surface area contributed by atoms with Gasteiger partial charge in [-0.2, -0.15) is 0 Å². The normalized spacial score (nSPS) is 16.9. The van der Waals surface area contributed by atoms with Crippen LogP contribution in [0.15, 0.2) is 30.3 Å². The maximum absolute atomic E-state index is 12.6. The molecule has 0 N–H and O–H groups in total. The van der Waals surface area contributed by atoms with E-state index >= 15 is 0 Å². The first-order valence-corrected chi connectivity index (χ1v) is 12.6. The fourth-order valence-corrected chi connectivity index (χ4v) is 3.74. The lowest BCUT2D eigenvalue weighted by atomic mass is 10.2. The van der Waals surface area contributed by atoms with Gasteiger partial charge in [0.1, 0.15) is 17.8 Å². The highest BCUT2D eigenvalue weighted by atomic mass is 16.6. The van der Waals surface area contributed by atoms with Crippen LogP contribution in [0.1, 0.15) is 47.1 Å². The maximum atomic E-state index is 12.6. The van der Waals surface area contributed by atoms with E-state index in [1.807, 2.05) is 86.6 Å². The fourth-order valence-electron chi connectivity index (χ4n) is 3.74. The van der Waals surface area contributed by atoms with Crippen molar-refractivity contribution in [1.82, 2.24) is 14.7 Å². The van der Waals surface area contributed by atoms with E-state index in [1.54, 1.807) is 0 Å². The van der Waals surface area contributed by atoms with Crippen molar-refractivity contribution < 1.29 is 28.6 Å². The summed E-state index contributed by atoms with van der Waals surface area (Å²) in [5.74, 6) is -0.904. The third kappa shape index (κ3) is 13.0. The molecule has 0 radical (unpaired) electrons. The van der Waals surface area contributed by atoms with E-state index in [1.165, 1.54) is 0 Å². The quantitative estimate of drug-likeness (QED) is 0.390. The van der Waals surface area contributed by atoms with E-state index in [-0.39, 0.29) is 44.1 Å². The van der Waals surface area contributed by atoms with Crippen LogP contribution in [-0.4, -0.2) is 103 Å². The molecular formula is C27H43N3O6. The summed E-state index contributed by atoms with van der Waals surface area (Å²) in [6, 6.07) is 9.56. The molecule has 1 aromatic rings. The largest absolute Gasteiger partial charge is 0.460 e. The highest BCUT2D eigenvalue weighted by molar-refractivity contribution is 5.73. The van der Waals surface area contributed by atoms with Gasteiger partial charge in [-0.05, 0) is 47.1 Å². The lowest BCUT2D eigenvalue weighted by Gasteiger charge is -2.27. The number of rotatable bonds is 8. The third-order valence-corrected chi connectivity index (χ3v) is 5.34. The van der Waals surface area contributed by atoms with Crippen molar-refractivity contribution in [2.45, 2.75) is 59.4 Å². The molecule has 1 aliphatic heterocycles. The van der Waals surface area contributed by atoms with Gasteiger partial charge in [0, 0.05) is 39.3 Å². The Hall–Kier alpha value is -2.49. The summed E-state index contributed by atoms with van der Waals surface area (Å²) >= 11 is 0. The number of hydrogen-bond donors (Lipinski definition) is 0. The van der Waals surface area contributed by atoms with Crippen molar-refractivity contribution >= 4 is 17.9 Å². The van der Waals surface area contributed by atoms with E-state index in [9.17, 15) is 14.4 Å². The maximum Gasteiger partial charge on any atom is 0.320 e. The molecule has 0 atom stereocenters. The van der Waals surface area contributed by atoms with Crippen molar-refractivity contribution in [2.75, 3.05) is 58.9 Å². The third-order valence-electron chi connectivity index (χ3n) is 5.34. The molecule has 1 aromatic carbocycles. The average Bonchev–Trinajstić information content (AvgIpc) is 2.82. The zero-order chi connectivity index (χ0) is 26.8. The summed E-state index contributed by atoms with van der Waals surface area (Å²) < 4.78 is 16.5. The Morgan fingerprint density at radius 1 is 0.639 bits per heavy atom. The lowest BCUT2D eigenvalue weighted by molar-refractivity contribution is -0.158. The molecule has 1 saturated heterocycles. The van der Waals surface area contributed by atoms with Crippen LogP contribution in [0, 0.1) is 0 Å². The van der Waals surface area contributed by atoms with E-state index in [0.29, 0.717) is 39.3 Å². The Balaban J connectivity index is 2.01. The Morgan fingerprint density at radius 2 is 1.00 bits per heavy atom. The van der Waals surface area contributed by atoms with Gasteiger partial charge in [-0.3, -0.25) is 29.1 Å². The first kappa shape index (κ1) is 29.7. The minimum atomic E-state index is -0.562. The standard InChI is InChI=1S/C27H43N3O6/c1-26(2,3)35-24(32)19-29-14-12-28(18-23(31)34-21-22-10-8-7-9-11-22)13-15-30(17-16-29)20-25(33)36-27(4,5)6/h7-11H,12-21H2,1-6H3. The Labute approximate surface area is 215 Å². The molecule has 0 aromatic heterocycles. The van der Waals surface area contributed by atoms with Crippen LogP contribution >= 0.6 is 0 Å². The van der Waals surface area contributed by atoms with Crippen LogP contribution in [0.2, 0.25) is 0 Å². The first-order chi connectivity index (χ1) is 16.8. The Morgan fingerprint density at radius 3 is 1.36 bits per heavy atom. The molecule has 9 heteroatoms. The molecule has 202 valence electrons. The van der Waals surface area contributed by atoms with Crippen molar-refractivity contribution in [3.8, 4) is 0 Å². The van der Waals surface area contributed by atoms with E-state index in [2.05, 4.69) is 0 Å². The Kier molecular flexibility index (Phi) is 11.3. The van der Waals surface area contributed by atoms with Crippen molar-refractivity contribution in [3.05, 3.63) is 35.9 Å². The zero-order valence-corrected chi connectivity index (χ0v) is 22.7. The van der Waals surface area contributed by atoms with Gasteiger partial charge in [0.2, 0.25) is 0 Å². The van der Waals surface area contributed by atoms with E-state index in [4.69, 9.17) is 14.2 Å². The molecule has 1 aliphatic rings. The number of ether oxygens (including phenoxy) is 3. The van der Waals surface area contributed by atoms with Crippen molar-refractivity contribution in [3.63, 3.8) is 0 Å². The van der Waals surface area contributed by atoms with Crippen LogP contribution in [0.25, 0.3) is 0 Å². The molecular weight excluding hydrogens is 462 g/mol. The molecule has 0 aliphatic carbocycles. The summed E-state index contributed by atoms with van der Waals surface area (Å²) in [4.78, 5) is 43.5. The number of esters is 3. The van der Waals surface area contributed by atoms with Crippen LogP contribution < -0.4 is 0 Å². The van der Waals surface area contributed by atoms with Crippen molar-refractivity contribution in [2.24, 2.45) is 0 Å². The van der Waals surface area contributed by atoms with Gasteiger partial charge >= 0.3 is 17.9 Å². The topological polar surface area (TPSA) is 88.6 Å². The number of carbonyl (C=O) groups excluding carboxylic acids is 3. The molecule has 1 fully saturated rings.